The maximum atomic E-state index is 12.6. The molecular formula is C15H21ClN2O. The van der Waals surface area contributed by atoms with Crippen LogP contribution in [0.25, 0.3) is 0 Å². The van der Waals surface area contributed by atoms with Gasteiger partial charge in [-0.3, -0.25) is 4.79 Å². The van der Waals surface area contributed by atoms with Crippen molar-refractivity contribution >= 4 is 17.5 Å². The number of rotatable bonds is 3. The topological polar surface area (TPSA) is 25.2 Å². The van der Waals surface area contributed by atoms with Crippen LogP contribution in [-0.2, 0) is 6.54 Å². The molecule has 1 unspecified atom stereocenters. The van der Waals surface area contributed by atoms with E-state index in [9.17, 15) is 4.79 Å². The van der Waals surface area contributed by atoms with Crippen LogP contribution < -0.4 is 0 Å². The van der Waals surface area contributed by atoms with Gasteiger partial charge in [0.15, 0.2) is 0 Å². The summed E-state index contributed by atoms with van der Waals surface area (Å²) in [5.41, 5.74) is 0.738. The van der Waals surface area contributed by atoms with E-state index in [1.54, 1.807) is 6.07 Å². The molecule has 19 heavy (non-hydrogen) atoms. The van der Waals surface area contributed by atoms with Gasteiger partial charge in [-0.15, -0.1) is 0 Å². The Labute approximate surface area is 119 Å². The summed E-state index contributed by atoms with van der Waals surface area (Å²) in [5.74, 6) is 1.76. The number of aryl methyl sites for hydroxylation is 1. The Kier molecular flexibility index (Phi) is 3.57. The van der Waals surface area contributed by atoms with E-state index in [0.717, 1.165) is 37.2 Å². The van der Waals surface area contributed by atoms with Gasteiger partial charge in [0.05, 0.1) is 5.02 Å². The minimum Gasteiger partial charge on any atom is -0.342 e. The first-order valence-electron chi connectivity index (χ1n) is 7.34. The van der Waals surface area contributed by atoms with E-state index in [1.165, 1.54) is 25.7 Å². The van der Waals surface area contributed by atoms with Crippen molar-refractivity contribution in [3.8, 4) is 0 Å². The third-order valence-electron chi connectivity index (χ3n) is 4.75. The summed E-state index contributed by atoms with van der Waals surface area (Å²) in [6.07, 6.45) is 7.13. The molecule has 2 heterocycles. The molecule has 3 rings (SSSR count). The number of aromatic nitrogens is 1. The van der Waals surface area contributed by atoms with Gasteiger partial charge in [-0.1, -0.05) is 30.9 Å². The largest absolute Gasteiger partial charge is 0.342 e. The van der Waals surface area contributed by atoms with E-state index >= 15 is 0 Å². The minimum atomic E-state index is 0.149. The van der Waals surface area contributed by atoms with Gasteiger partial charge in [0.1, 0.15) is 5.69 Å². The van der Waals surface area contributed by atoms with Gasteiger partial charge in [0.25, 0.3) is 5.91 Å². The minimum absolute atomic E-state index is 0.149. The molecule has 0 radical (unpaired) electrons. The molecule has 2 aliphatic rings. The van der Waals surface area contributed by atoms with Crippen LogP contribution in [0, 0.1) is 11.8 Å². The second-order valence-corrected chi connectivity index (χ2v) is 6.26. The van der Waals surface area contributed by atoms with E-state index in [4.69, 9.17) is 11.6 Å². The van der Waals surface area contributed by atoms with Crippen LogP contribution in [0.15, 0.2) is 12.3 Å². The van der Waals surface area contributed by atoms with Crippen LogP contribution in [0.1, 0.15) is 43.1 Å². The Hall–Kier alpha value is -0.960. The number of carbonyl (C=O) groups excluding carboxylic acids is 1. The van der Waals surface area contributed by atoms with Crippen LogP contribution in [0.5, 0.6) is 0 Å². The molecule has 104 valence electrons. The van der Waals surface area contributed by atoms with Crippen molar-refractivity contribution < 1.29 is 4.79 Å². The first-order chi connectivity index (χ1) is 9.19. The molecule has 0 bridgehead atoms. The SMILES string of the molecule is CCn1cc(Cl)cc1C(=O)N1CCC(C2CCC2)C1. The second kappa shape index (κ2) is 5.20. The van der Waals surface area contributed by atoms with Crippen molar-refractivity contribution in [1.82, 2.24) is 9.47 Å². The smallest absolute Gasteiger partial charge is 0.270 e. The number of halogens is 1. The van der Waals surface area contributed by atoms with E-state index in [0.29, 0.717) is 5.02 Å². The quantitative estimate of drug-likeness (QED) is 0.833. The molecule has 1 aromatic rings. The standard InChI is InChI=1S/C15H21ClN2O/c1-2-17-10-13(16)8-14(17)15(19)18-7-6-12(9-18)11-4-3-5-11/h8,10-12H,2-7,9H2,1H3. The molecule has 3 nitrogen and oxygen atoms in total. The number of likely N-dealkylation sites (tertiary alicyclic amines) is 1. The van der Waals surface area contributed by atoms with Gasteiger partial charge in [-0.25, -0.2) is 0 Å². The molecule has 2 fully saturated rings. The van der Waals surface area contributed by atoms with E-state index < -0.39 is 0 Å². The normalized spacial score (nSPS) is 23.7. The van der Waals surface area contributed by atoms with Crippen LogP contribution in [0.3, 0.4) is 0 Å². The maximum Gasteiger partial charge on any atom is 0.270 e. The molecule has 1 atom stereocenters. The first kappa shape index (κ1) is 13.0. The number of hydrogen-bond donors (Lipinski definition) is 0. The number of carbonyl (C=O) groups is 1. The summed E-state index contributed by atoms with van der Waals surface area (Å²) in [5, 5.41) is 0.653. The number of hydrogen-bond acceptors (Lipinski definition) is 1. The summed E-state index contributed by atoms with van der Waals surface area (Å²) in [4.78, 5) is 14.6. The predicted molar refractivity (Wildman–Crippen MR) is 76.5 cm³/mol. The summed E-state index contributed by atoms with van der Waals surface area (Å²) in [7, 11) is 0. The lowest BCUT2D eigenvalue weighted by Gasteiger charge is -2.31. The summed E-state index contributed by atoms with van der Waals surface area (Å²) in [6.45, 7) is 4.67. The zero-order valence-electron chi connectivity index (χ0n) is 11.4. The molecular weight excluding hydrogens is 260 g/mol. The van der Waals surface area contributed by atoms with Crippen molar-refractivity contribution in [2.45, 2.75) is 39.2 Å². The Morgan fingerprint density at radius 2 is 2.16 bits per heavy atom. The average Bonchev–Trinajstić information content (AvgIpc) is 2.92. The Morgan fingerprint density at radius 1 is 1.37 bits per heavy atom. The van der Waals surface area contributed by atoms with Crippen molar-refractivity contribution in [3.63, 3.8) is 0 Å². The molecule has 4 heteroatoms. The van der Waals surface area contributed by atoms with Gasteiger partial charge in [-0.2, -0.15) is 0 Å². The molecule has 1 aromatic heterocycles. The van der Waals surface area contributed by atoms with Crippen LogP contribution in [0.4, 0.5) is 0 Å². The van der Waals surface area contributed by atoms with Gasteiger partial charge in [0.2, 0.25) is 0 Å². The zero-order valence-corrected chi connectivity index (χ0v) is 12.2. The van der Waals surface area contributed by atoms with Gasteiger partial charge >= 0.3 is 0 Å². The molecule has 1 saturated carbocycles. The van der Waals surface area contributed by atoms with Gasteiger partial charge in [0, 0.05) is 25.8 Å². The monoisotopic (exact) mass is 280 g/mol. The average molecular weight is 281 g/mol. The Morgan fingerprint density at radius 3 is 2.79 bits per heavy atom. The van der Waals surface area contributed by atoms with Gasteiger partial charge in [-0.05, 0) is 31.2 Å². The van der Waals surface area contributed by atoms with Gasteiger partial charge < -0.3 is 9.47 Å². The number of amides is 1. The van der Waals surface area contributed by atoms with Crippen LogP contribution in [0.2, 0.25) is 5.02 Å². The fourth-order valence-electron chi connectivity index (χ4n) is 3.35. The first-order valence-corrected chi connectivity index (χ1v) is 7.71. The second-order valence-electron chi connectivity index (χ2n) is 5.82. The number of nitrogens with zero attached hydrogens (tertiary/aromatic N) is 2. The Balaban J connectivity index is 1.70. The molecule has 0 aromatic carbocycles. The molecule has 1 aliphatic heterocycles. The highest BCUT2D eigenvalue weighted by atomic mass is 35.5. The van der Waals surface area contributed by atoms with Crippen molar-refractivity contribution in [2.75, 3.05) is 13.1 Å². The highest BCUT2D eigenvalue weighted by Gasteiger charge is 2.35. The third kappa shape index (κ3) is 2.40. The molecule has 0 N–H and O–H groups in total. The fraction of sp³-hybridized carbons (Fsp3) is 0.667. The summed E-state index contributed by atoms with van der Waals surface area (Å²) < 4.78 is 1.95. The fourth-order valence-corrected chi connectivity index (χ4v) is 3.57. The molecule has 1 saturated heterocycles. The Bertz CT molecular complexity index is 478. The highest BCUT2D eigenvalue weighted by molar-refractivity contribution is 6.31. The summed E-state index contributed by atoms with van der Waals surface area (Å²) in [6, 6.07) is 1.80. The molecule has 0 spiro atoms. The lowest BCUT2D eigenvalue weighted by molar-refractivity contribution is 0.0765. The molecule has 1 amide bonds. The van der Waals surface area contributed by atoms with Crippen molar-refractivity contribution in [1.29, 1.82) is 0 Å². The lowest BCUT2D eigenvalue weighted by Crippen LogP contribution is -2.32. The van der Waals surface area contributed by atoms with Crippen LogP contribution in [-0.4, -0.2) is 28.5 Å². The maximum absolute atomic E-state index is 12.6. The predicted octanol–water partition coefficient (Wildman–Crippen LogP) is 3.42. The van der Waals surface area contributed by atoms with E-state index in [2.05, 4.69) is 0 Å². The molecule has 1 aliphatic carbocycles. The lowest BCUT2D eigenvalue weighted by atomic mass is 9.75. The van der Waals surface area contributed by atoms with Crippen molar-refractivity contribution in [3.05, 3.63) is 23.0 Å². The van der Waals surface area contributed by atoms with Crippen molar-refractivity contribution in [2.24, 2.45) is 11.8 Å². The zero-order chi connectivity index (χ0) is 13.4. The highest BCUT2D eigenvalue weighted by Crippen LogP contribution is 2.38. The van der Waals surface area contributed by atoms with E-state index in [1.807, 2.05) is 22.6 Å². The third-order valence-corrected chi connectivity index (χ3v) is 4.96. The van der Waals surface area contributed by atoms with Crippen LogP contribution >= 0.6 is 11.6 Å². The summed E-state index contributed by atoms with van der Waals surface area (Å²) >= 11 is 6.01. The van der Waals surface area contributed by atoms with E-state index in [-0.39, 0.29) is 5.91 Å².